The molecule has 0 aliphatic heterocycles. The van der Waals surface area contributed by atoms with Gasteiger partial charge < -0.3 is 49.0 Å². The zero-order chi connectivity index (χ0) is 32.9. The van der Waals surface area contributed by atoms with Gasteiger partial charge in [0.05, 0.1) is 5.39 Å². The van der Waals surface area contributed by atoms with Crippen LogP contribution < -0.4 is 16.9 Å². The number of benzene rings is 3. The summed E-state index contributed by atoms with van der Waals surface area (Å²) in [4.78, 5) is 39.4. The zero-order valence-electron chi connectivity index (χ0n) is 23.1. The van der Waals surface area contributed by atoms with Gasteiger partial charge in [-0.05, 0) is 59.7 Å². The van der Waals surface area contributed by atoms with Crippen LogP contribution in [0, 0.1) is 0 Å². The number of phenols is 6. The predicted octanol–water partition coefficient (Wildman–Crippen LogP) is 4.55. The van der Waals surface area contributed by atoms with Gasteiger partial charge in [0.2, 0.25) is 0 Å². The van der Waals surface area contributed by atoms with Crippen molar-refractivity contribution in [3.8, 4) is 40.2 Å². The highest BCUT2D eigenvalue weighted by molar-refractivity contribution is 6.05. The summed E-state index contributed by atoms with van der Waals surface area (Å²) in [5.74, 6) is -4.07. The smallest absolute Gasteiger partial charge is 0.348 e. The first kappa shape index (κ1) is 29.2. The SMILES string of the molecule is O=c1oc(C=Cc2ccc(O)c(O)c2)cc(O)c1C(=Cc1ccc(O)c(O)c1)c1cc2oc(=O)c3cc(O)c(O)cc3c2c(=O)o1. The monoisotopic (exact) mass is 624 g/mol. The fourth-order valence-electron chi connectivity index (χ4n) is 4.75. The van der Waals surface area contributed by atoms with Crippen molar-refractivity contribution in [2.24, 2.45) is 0 Å². The average molecular weight is 625 g/mol. The van der Waals surface area contributed by atoms with Crippen molar-refractivity contribution >= 4 is 45.5 Å². The molecule has 0 atom stereocenters. The van der Waals surface area contributed by atoms with Crippen LogP contribution in [0.25, 0.3) is 45.5 Å². The van der Waals surface area contributed by atoms with Crippen molar-refractivity contribution in [1.82, 2.24) is 0 Å². The van der Waals surface area contributed by atoms with Crippen molar-refractivity contribution in [1.29, 1.82) is 0 Å². The average Bonchev–Trinajstić information content (AvgIpc) is 2.99. The van der Waals surface area contributed by atoms with Crippen molar-refractivity contribution in [2.45, 2.75) is 0 Å². The Labute approximate surface area is 255 Å². The molecule has 3 aromatic heterocycles. The summed E-state index contributed by atoms with van der Waals surface area (Å²) < 4.78 is 16.2. The van der Waals surface area contributed by atoms with Crippen molar-refractivity contribution in [2.75, 3.05) is 0 Å². The summed E-state index contributed by atoms with van der Waals surface area (Å²) in [5, 5.41) is 69.3. The Bertz CT molecular complexity index is 2460. The summed E-state index contributed by atoms with van der Waals surface area (Å²) in [6, 6.07) is 11.7. The topological polar surface area (TPSA) is 232 Å². The lowest BCUT2D eigenvalue weighted by molar-refractivity contribution is 0.403. The molecule has 0 amide bonds. The predicted molar refractivity (Wildman–Crippen MR) is 164 cm³/mol. The van der Waals surface area contributed by atoms with Crippen LogP contribution in [0.2, 0.25) is 0 Å². The third kappa shape index (κ3) is 5.24. The quantitative estimate of drug-likeness (QED) is 0.103. The highest BCUT2D eigenvalue weighted by Crippen LogP contribution is 2.36. The second-order valence-corrected chi connectivity index (χ2v) is 10.00. The fourth-order valence-corrected chi connectivity index (χ4v) is 4.75. The lowest BCUT2D eigenvalue weighted by Crippen LogP contribution is -2.11. The Morgan fingerprint density at radius 3 is 1.78 bits per heavy atom. The molecule has 0 aliphatic rings. The lowest BCUT2D eigenvalue weighted by Gasteiger charge is -2.11. The molecule has 0 bridgehead atoms. The van der Waals surface area contributed by atoms with Crippen LogP contribution in [0.3, 0.4) is 0 Å². The Kier molecular flexibility index (Phi) is 6.97. The van der Waals surface area contributed by atoms with Gasteiger partial charge in [0.1, 0.15) is 33.8 Å². The van der Waals surface area contributed by atoms with Crippen LogP contribution in [-0.4, -0.2) is 35.7 Å². The maximum absolute atomic E-state index is 13.3. The van der Waals surface area contributed by atoms with Gasteiger partial charge in [-0.1, -0.05) is 18.2 Å². The molecule has 0 aliphatic carbocycles. The molecule has 0 saturated heterocycles. The van der Waals surface area contributed by atoms with Gasteiger partial charge >= 0.3 is 16.9 Å². The van der Waals surface area contributed by atoms with Crippen LogP contribution in [0.4, 0.5) is 0 Å². The first-order valence-electron chi connectivity index (χ1n) is 13.2. The van der Waals surface area contributed by atoms with Crippen LogP contribution in [0.15, 0.2) is 88.3 Å². The van der Waals surface area contributed by atoms with E-state index in [1.807, 2.05) is 0 Å². The van der Waals surface area contributed by atoms with Gasteiger partial charge in [0, 0.05) is 23.1 Å². The normalized spacial score (nSPS) is 12.0. The summed E-state index contributed by atoms with van der Waals surface area (Å²) >= 11 is 0. The molecule has 6 aromatic rings. The Morgan fingerprint density at radius 1 is 0.522 bits per heavy atom. The molecule has 0 radical (unpaired) electrons. The maximum Gasteiger partial charge on any atom is 0.348 e. The highest BCUT2D eigenvalue weighted by Gasteiger charge is 2.23. The molecule has 0 saturated carbocycles. The maximum atomic E-state index is 13.3. The molecule has 3 heterocycles. The third-order valence-electron chi connectivity index (χ3n) is 6.96. The Balaban J connectivity index is 1.55. The van der Waals surface area contributed by atoms with E-state index in [4.69, 9.17) is 13.3 Å². The van der Waals surface area contributed by atoms with Crippen molar-refractivity contribution in [3.05, 3.63) is 120 Å². The minimum absolute atomic E-state index is 0.0868. The number of hydrogen-bond donors (Lipinski definition) is 7. The standard InChI is InChI=1S/C33H20O13/c34-20-5-2-14(8-22(20)36)1-4-16-10-26(40)29(32(42)44-16)19(7-15-3-6-21(35)23(37)9-15)27-13-28-30(33(43)45-27)17-11-24(38)25(39)12-18(17)31(41)46-28/h1-13,34-40H. The van der Waals surface area contributed by atoms with Crippen molar-refractivity contribution in [3.63, 3.8) is 0 Å². The van der Waals surface area contributed by atoms with E-state index in [0.29, 0.717) is 5.56 Å². The number of phenolic OH excluding ortho intramolecular Hbond substituents is 6. The van der Waals surface area contributed by atoms with E-state index in [1.165, 1.54) is 42.5 Å². The largest absolute Gasteiger partial charge is 0.507 e. The molecule has 230 valence electrons. The van der Waals surface area contributed by atoms with Gasteiger partial charge in [-0.2, -0.15) is 0 Å². The molecule has 0 fully saturated rings. The van der Waals surface area contributed by atoms with Crippen LogP contribution in [0.5, 0.6) is 40.2 Å². The molecule has 0 spiro atoms. The third-order valence-corrected chi connectivity index (χ3v) is 6.96. The van der Waals surface area contributed by atoms with Gasteiger partial charge in [0.15, 0.2) is 34.5 Å². The van der Waals surface area contributed by atoms with E-state index in [1.54, 1.807) is 0 Å². The summed E-state index contributed by atoms with van der Waals surface area (Å²) in [6.07, 6.45) is 3.97. The zero-order valence-corrected chi connectivity index (χ0v) is 23.1. The van der Waals surface area contributed by atoms with E-state index >= 15 is 0 Å². The molecular formula is C33H20O13. The molecule has 46 heavy (non-hydrogen) atoms. The molecule has 13 heteroatoms. The van der Waals surface area contributed by atoms with E-state index in [2.05, 4.69) is 0 Å². The Hall–Kier alpha value is -6.89. The van der Waals surface area contributed by atoms with Gasteiger partial charge in [-0.3, -0.25) is 0 Å². The highest BCUT2D eigenvalue weighted by atomic mass is 16.4. The van der Waals surface area contributed by atoms with E-state index < -0.39 is 51.2 Å². The summed E-state index contributed by atoms with van der Waals surface area (Å²) in [7, 11) is 0. The number of aromatic hydroxyl groups is 7. The first-order chi connectivity index (χ1) is 21.9. The fraction of sp³-hybridized carbons (Fsp3) is 0. The van der Waals surface area contributed by atoms with Gasteiger partial charge in [-0.25, -0.2) is 14.4 Å². The van der Waals surface area contributed by atoms with Gasteiger partial charge in [0.25, 0.3) is 0 Å². The lowest BCUT2D eigenvalue weighted by atomic mass is 9.99. The van der Waals surface area contributed by atoms with Crippen LogP contribution in [-0.2, 0) is 0 Å². The van der Waals surface area contributed by atoms with E-state index in [0.717, 1.165) is 36.4 Å². The summed E-state index contributed by atoms with van der Waals surface area (Å²) in [5.41, 5.74) is -3.64. The van der Waals surface area contributed by atoms with Crippen LogP contribution >= 0.6 is 0 Å². The molecule has 6 rings (SSSR count). The second kappa shape index (κ2) is 11.0. The molecule has 0 unspecified atom stereocenters. The minimum Gasteiger partial charge on any atom is -0.507 e. The number of hydrogen-bond acceptors (Lipinski definition) is 13. The van der Waals surface area contributed by atoms with Crippen LogP contribution in [0.1, 0.15) is 28.2 Å². The Morgan fingerprint density at radius 2 is 1.13 bits per heavy atom. The number of rotatable bonds is 5. The molecular weight excluding hydrogens is 604 g/mol. The molecule has 3 aromatic carbocycles. The number of fused-ring (bicyclic) bond motifs is 3. The van der Waals surface area contributed by atoms with Crippen molar-refractivity contribution < 1.29 is 49.0 Å². The minimum atomic E-state index is -1.11. The molecule has 13 nitrogen and oxygen atoms in total. The summed E-state index contributed by atoms with van der Waals surface area (Å²) in [6.45, 7) is 0. The van der Waals surface area contributed by atoms with E-state index in [-0.39, 0.29) is 55.9 Å². The molecule has 7 N–H and O–H groups in total. The van der Waals surface area contributed by atoms with Gasteiger partial charge in [-0.15, -0.1) is 0 Å². The first-order valence-corrected chi connectivity index (χ1v) is 13.2. The van der Waals surface area contributed by atoms with E-state index in [9.17, 15) is 50.1 Å². The second-order valence-electron chi connectivity index (χ2n) is 10.00.